The molecule has 4 heteroatoms. The van der Waals surface area contributed by atoms with Gasteiger partial charge in [0.25, 0.3) is 0 Å². The summed E-state index contributed by atoms with van der Waals surface area (Å²) in [5.41, 5.74) is 0. The first-order valence-corrected chi connectivity index (χ1v) is 5.73. The second kappa shape index (κ2) is 8.05. The van der Waals surface area contributed by atoms with E-state index in [1.165, 1.54) is 17.4 Å². The lowest BCUT2D eigenvalue weighted by atomic mass is 10.4. The van der Waals surface area contributed by atoms with Gasteiger partial charge in [0.1, 0.15) is 5.75 Å². The third-order valence-electron chi connectivity index (χ3n) is 1.33. The van der Waals surface area contributed by atoms with Crippen molar-refractivity contribution in [2.75, 3.05) is 6.61 Å². The predicted octanol–water partition coefficient (Wildman–Crippen LogP) is 3.27. The van der Waals surface area contributed by atoms with E-state index in [1.54, 1.807) is 0 Å². The average Bonchev–Trinajstić information content (AvgIpc) is 2.66. The lowest BCUT2D eigenvalue weighted by Crippen LogP contribution is -1.91. The van der Waals surface area contributed by atoms with Gasteiger partial charge >= 0.3 is 5.97 Å². The molecule has 1 N–H and O–H groups in total. The Hall–Kier alpha value is -1.29. The SMILES string of the molecule is CC.CCOc1ccsc1/C=C/C(=O)O. The third-order valence-corrected chi connectivity index (χ3v) is 2.20. The number of thiophene rings is 1. The molecule has 0 unspecified atom stereocenters. The Morgan fingerprint density at radius 3 is 2.80 bits per heavy atom. The van der Waals surface area contributed by atoms with E-state index < -0.39 is 5.97 Å². The van der Waals surface area contributed by atoms with Gasteiger partial charge in [-0.2, -0.15) is 0 Å². The molecule has 1 aromatic rings. The minimum atomic E-state index is -0.948. The van der Waals surface area contributed by atoms with Crippen molar-refractivity contribution in [3.05, 3.63) is 22.4 Å². The smallest absolute Gasteiger partial charge is 0.328 e. The summed E-state index contributed by atoms with van der Waals surface area (Å²) in [7, 11) is 0. The second-order valence-electron chi connectivity index (χ2n) is 2.25. The Balaban J connectivity index is 0.000000921. The van der Waals surface area contributed by atoms with Gasteiger partial charge < -0.3 is 9.84 Å². The summed E-state index contributed by atoms with van der Waals surface area (Å²) in [5, 5.41) is 10.3. The average molecular weight is 228 g/mol. The molecule has 0 saturated heterocycles. The standard InChI is InChI=1S/C9H10O3S.C2H6/c1-2-12-7-5-6-13-8(7)3-4-9(10)11;1-2/h3-6H,2H2,1H3,(H,10,11);1-2H3/b4-3+;. The molecule has 1 heterocycles. The van der Waals surface area contributed by atoms with Gasteiger partial charge in [0.2, 0.25) is 0 Å². The fraction of sp³-hybridized carbons (Fsp3) is 0.364. The molecule has 0 saturated carbocycles. The van der Waals surface area contributed by atoms with Crippen LogP contribution >= 0.6 is 11.3 Å². The van der Waals surface area contributed by atoms with Crippen LogP contribution in [0.25, 0.3) is 6.08 Å². The Morgan fingerprint density at radius 2 is 2.27 bits per heavy atom. The Bertz CT molecular complexity index is 315. The van der Waals surface area contributed by atoms with Crippen LogP contribution in [0.1, 0.15) is 25.6 Å². The van der Waals surface area contributed by atoms with E-state index >= 15 is 0 Å². The quantitative estimate of drug-likeness (QED) is 0.804. The molecule has 0 aliphatic heterocycles. The maximum absolute atomic E-state index is 10.2. The zero-order valence-electron chi connectivity index (χ0n) is 9.19. The highest BCUT2D eigenvalue weighted by atomic mass is 32.1. The Labute approximate surface area is 94.0 Å². The maximum Gasteiger partial charge on any atom is 0.328 e. The van der Waals surface area contributed by atoms with Crippen molar-refractivity contribution in [3.63, 3.8) is 0 Å². The highest BCUT2D eigenvalue weighted by Gasteiger charge is 2.01. The summed E-state index contributed by atoms with van der Waals surface area (Å²) >= 11 is 1.46. The third kappa shape index (κ3) is 5.22. The maximum atomic E-state index is 10.2. The fourth-order valence-electron chi connectivity index (χ4n) is 0.852. The molecule has 1 rings (SSSR count). The molecule has 1 aromatic heterocycles. The van der Waals surface area contributed by atoms with Crippen LogP contribution in [0.5, 0.6) is 5.75 Å². The van der Waals surface area contributed by atoms with E-state index in [4.69, 9.17) is 9.84 Å². The van der Waals surface area contributed by atoms with Crippen molar-refractivity contribution in [1.29, 1.82) is 0 Å². The van der Waals surface area contributed by atoms with Crippen LogP contribution in [-0.4, -0.2) is 17.7 Å². The first kappa shape index (κ1) is 13.7. The zero-order chi connectivity index (χ0) is 11.7. The first-order chi connectivity index (χ1) is 7.24. The minimum absolute atomic E-state index is 0.588. The number of ether oxygens (including phenoxy) is 1. The van der Waals surface area contributed by atoms with Gasteiger partial charge in [-0.05, 0) is 24.4 Å². The molecule has 0 spiro atoms. The molecule has 0 radical (unpaired) electrons. The van der Waals surface area contributed by atoms with Crippen LogP contribution in [0.15, 0.2) is 17.5 Å². The number of rotatable bonds is 4. The van der Waals surface area contributed by atoms with Gasteiger partial charge in [0.05, 0.1) is 11.5 Å². The van der Waals surface area contributed by atoms with E-state index in [2.05, 4.69) is 0 Å². The highest BCUT2D eigenvalue weighted by molar-refractivity contribution is 7.11. The molecule has 3 nitrogen and oxygen atoms in total. The number of carbonyl (C=O) groups is 1. The first-order valence-electron chi connectivity index (χ1n) is 4.85. The van der Waals surface area contributed by atoms with Gasteiger partial charge in [-0.1, -0.05) is 13.8 Å². The fourth-order valence-corrected chi connectivity index (χ4v) is 1.58. The lowest BCUT2D eigenvalue weighted by molar-refractivity contribution is -0.131. The molecule has 0 bridgehead atoms. The van der Waals surface area contributed by atoms with Crippen molar-refractivity contribution < 1.29 is 14.6 Å². The number of aliphatic carboxylic acids is 1. The van der Waals surface area contributed by atoms with Gasteiger partial charge in [-0.3, -0.25) is 0 Å². The molecule has 0 atom stereocenters. The van der Waals surface area contributed by atoms with Crippen molar-refractivity contribution in [3.8, 4) is 5.75 Å². The van der Waals surface area contributed by atoms with Crippen molar-refractivity contribution in [1.82, 2.24) is 0 Å². The van der Waals surface area contributed by atoms with E-state index in [0.29, 0.717) is 6.61 Å². The van der Waals surface area contributed by atoms with Crippen molar-refractivity contribution >= 4 is 23.4 Å². The summed E-state index contributed by atoms with van der Waals surface area (Å²) < 4.78 is 5.28. The summed E-state index contributed by atoms with van der Waals surface area (Å²) in [6, 6.07) is 1.83. The molecular formula is C11H16O3S. The molecule has 15 heavy (non-hydrogen) atoms. The van der Waals surface area contributed by atoms with Crippen LogP contribution in [0.4, 0.5) is 0 Å². The normalized spacial score (nSPS) is 9.53. The monoisotopic (exact) mass is 228 g/mol. The van der Waals surface area contributed by atoms with E-state index in [0.717, 1.165) is 16.7 Å². The summed E-state index contributed by atoms with van der Waals surface area (Å²) in [5.74, 6) is -0.208. The van der Waals surface area contributed by atoms with Gasteiger partial charge in [-0.15, -0.1) is 11.3 Å². The number of carboxylic acid groups (broad SMARTS) is 1. The number of hydrogen-bond donors (Lipinski definition) is 1. The van der Waals surface area contributed by atoms with Gasteiger partial charge in [-0.25, -0.2) is 4.79 Å². The Kier molecular flexibility index (Phi) is 7.36. The summed E-state index contributed by atoms with van der Waals surface area (Å²) in [6.07, 6.45) is 2.65. The molecular weight excluding hydrogens is 212 g/mol. The summed E-state index contributed by atoms with van der Waals surface area (Å²) in [4.78, 5) is 11.1. The largest absolute Gasteiger partial charge is 0.492 e. The van der Waals surface area contributed by atoms with Crippen molar-refractivity contribution in [2.45, 2.75) is 20.8 Å². The van der Waals surface area contributed by atoms with Gasteiger partial charge in [0, 0.05) is 6.08 Å². The van der Waals surface area contributed by atoms with Crippen LogP contribution < -0.4 is 4.74 Å². The van der Waals surface area contributed by atoms with E-state index in [9.17, 15) is 4.79 Å². The predicted molar refractivity (Wildman–Crippen MR) is 63.5 cm³/mol. The van der Waals surface area contributed by atoms with E-state index in [-0.39, 0.29) is 0 Å². The topological polar surface area (TPSA) is 46.5 Å². The minimum Gasteiger partial charge on any atom is -0.492 e. The van der Waals surface area contributed by atoms with Crippen LogP contribution in [-0.2, 0) is 4.79 Å². The lowest BCUT2D eigenvalue weighted by Gasteiger charge is -1.99. The molecule has 0 aliphatic rings. The number of carboxylic acids is 1. The molecule has 0 aliphatic carbocycles. The van der Waals surface area contributed by atoms with Crippen LogP contribution in [0.2, 0.25) is 0 Å². The Morgan fingerprint density at radius 1 is 1.60 bits per heavy atom. The number of hydrogen-bond acceptors (Lipinski definition) is 3. The molecule has 0 aromatic carbocycles. The van der Waals surface area contributed by atoms with Crippen LogP contribution in [0, 0.1) is 0 Å². The highest BCUT2D eigenvalue weighted by Crippen LogP contribution is 2.25. The molecule has 0 amide bonds. The zero-order valence-corrected chi connectivity index (χ0v) is 10.0. The van der Waals surface area contributed by atoms with E-state index in [1.807, 2.05) is 32.2 Å². The summed E-state index contributed by atoms with van der Waals surface area (Å²) in [6.45, 7) is 6.48. The van der Waals surface area contributed by atoms with Crippen molar-refractivity contribution in [2.24, 2.45) is 0 Å². The van der Waals surface area contributed by atoms with Gasteiger partial charge in [0.15, 0.2) is 0 Å². The molecule has 84 valence electrons. The molecule has 0 fully saturated rings. The van der Waals surface area contributed by atoms with Crippen LogP contribution in [0.3, 0.4) is 0 Å². The second-order valence-corrected chi connectivity index (χ2v) is 3.20.